The molecule has 0 aliphatic carbocycles. The molecular weight excluding hydrogens is 308 g/mol. The number of benzene rings is 1. The van der Waals surface area contributed by atoms with Gasteiger partial charge >= 0.3 is 6.03 Å². The van der Waals surface area contributed by atoms with Gasteiger partial charge in [0.2, 0.25) is 0 Å². The molecule has 0 radical (unpaired) electrons. The van der Waals surface area contributed by atoms with Crippen LogP contribution in [0.3, 0.4) is 0 Å². The summed E-state index contributed by atoms with van der Waals surface area (Å²) in [6.45, 7) is 1.71. The maximum atomic E-state index is 12.8. The highest BCUT2D eigenvalue weighted by atomic mass is 16.6. The van der Waals surface area contributed by atoms with E-state index in [1.165, 1.54) is 4.90 Å². The van der Waals surface area contributed by atoms with Crippen LogP contribution in [-0.2, 0) is 9.63 Å². The second-order valence-corrected chi connectivity index (χ2v) is 6.51. The number of rotatable bonds is 3. The fourth-order valence-electron chi connectivity index (χ4n) is 3.57. The Labute approximate surface area is 140 Å². The highest BCUT2D eigenvalue weighted by molar-refractivity contribution is 6.07. The Hall–Kier alpha value is -2.41. The summed E-state index contributed by atoms with van der Waals surface area (Å²) in [7, 11) is 0. The Kier molecular flexibility index (Phi) is 3.72. The summed E-state index contributed by atoms with van der Waals surface area (Å²) in [6.07, 6.45) is 1.57. The van der Waals surface area contributed by atoms with Gasteiger partial charge in [0.15, 0.2) is 6.10 Å². The standard InChI is InChI=1S/C17H20N4O3/c22-15-17(6-8-18-9-7-17)19-16(23)21(15)11-13-10-14(20-24-13)12-4-2-1-3-5-12/h1-5,13,18H,6-11H2,(H,19,23). The molecule has 1 spiro atoms. The number of amides is 3. The molecule has 126 valence electrons. The molecule has 1 aromatic rings. The number of imide groups is 1. The van der Waals surface area contributed by atoms with Crippen LogP contribution in [0.2, 0.25) is 0 Å². The SMILES string of the molecule is O=C1NC2(CCNCC2)C(=O)N1CC1CC(c2ccccc2)=NO1. The molecule has 3 heterocycles. The van der Waals surface area contributed by atoms with Crippen molar-refractivity contribution in [3.8, 4) is 0 Å². The molecule has 0 saturated carbocycles. The molecule has 3 amide bonds. The first-order valence-corrected chi connectivity index (χ1v) is 8.31. The maximum absolute atomic E-state index is 12.8. The van der Waals surface area contributed by atoms with Crippen LogP contribution in [0.4, 0.5) is 4.79 Å². The predicted molar refractivity (Wildman–Crippen MR) is 87.5 cm³/mol. The van der Waals surface area contributed by atoms with Crippen LogP contribution < -0.4 is 10.6 Å². The lowest BCUT2D eigenvalue weighted by atomic mass is 9.88. The summed E-state index contributed by atoms with van der Waals surface area (Å²) in [5.74, 6) is -0.134. The lowest BCUT2D eigenvalue weighted by Crippen LogP contribution is -2.54. The van der Waals surface area contributed by atoms with Gasteiger partial charge in [0, 0.05) is 6.42 Å². The van der Waals surface area contributed by atoms with E-state index in [-0.39, 0.29) is 24.6 Å². The minimum Gasteiger partial charge on any atom is -0.390 e. The minimum atomic E-state index is -0.732. The average molecular weight is 328 g/mol. The number of oxime groups is 1. The molecule has 2 N–H and O–H groups in total. The average Bonchev–Trinajstić information content (AvgIpc) is 3.16. The molecule has 2 saturated heterocycles. The number of hydrogen-bond acceptors (Lipinski definition) is 5. The van der Waals surface area contributed by atoms with E-state index < -0.39 is 5.54 Å². The second kappa shape index (κ2) is 5.90. The third kappa shape index (κ3) is 2.54. The maximum Gasteiger partial charge on any atom is 0.325 e. The summed E-state index contributed by atoms with van der Waals surface area (Å²) in [5.41, 5.74) is 1.13. The molecule has 4 rings (SSSR count). The highest BCUT2D eigenvalue weighted by Gasteiger charge is 2.52. The third-order valence-corrected chi connectivity index (χ3v) is 4.93. The predicted octanol–water partition coefficient (Wildman–Crippen LogP) is 0.854. The number of hydrogen-bond donors (Lipinski definition) is 2. The molecule has 1 atom stereocenters. The number of urea groups is 1. The summed E-state index contributed by atoms with van der Waals surface area (Å²) in [5, 5.41) is 10.2. The topological polar surface area (TPSA) is 83.0 Å². The van der Waals surface area contributed by atoms with Crippen molar-refractivity contribution in [3.63, 3.8) is 0 Å². The van der Waals surface area contributed by atoms with Crippen LogP contribution in [-0.4, -0.2) is 53.8 Å². The number of carbonyl (C=O) groups is 2. The molecule has 3 aliphatic heterocycles. The minimum absolute atomic E-state index is 0.134. The smallest absolute Gasteiger partial charge is 0.325 e. The van der Waals surface area contributed by atoms with E-state index in [4.69, 9.17) is 4.84 Å². The van der Waals surface area contributed by atoms with Crippen LogP contribution in [0.25, 0.3) is 0 Å². The van der Waals surface area contributed by atoms with Crippen molar-refractivity contribution >= 4 is 17.6 Å². The van der Waals surface area contributed by atoms with Gasteiger partial charge < -0.3 is 15.5 Å². The van der Waals surface area contributed by atoms with Gasteiger partial charge in [-0.3, -0.25) is 9.69 Å². The van der Waals surface area contributed by atoms with Crippen LogP contribution in [0.1, 0.15) is 24.8 Å². The van der Waals surface area contributed by atoms with E-state index in [1.54, 1.807) is 0 Å². The van der Waals surface area contributed by atoms with Crippen molar-refractivity contribution in [1.82, 2.24) is 15.5 Å². The van der Waals surface area contributed by atoms with Gasteiger partial charge in [-0.15, -0.1) is 0 Å². The van der Waals surface area contributed by atoms with Crippen molar-refractivity contribution in [3.05, 3.63) is 35.9 Å². The molecule has 1 unspecified atom stereocenters. The van der Waals surface area contributed by atoms with Gasteiger partial charge in [0.25, 0.3) is 5.91 Å². The highest BCUT2D eigenvalue weighted by Crippen LogP contribution is 2.28. The van der Waals surface area contributed by atoms with Crippen molar-refractivity contribution in [2.24, 2.45) is 5.16 Å². The zero-order valence-corrected chi connectivity index (χ0v) is 13.3. The molecule has 24 heavy (non-hydrogen) atoms. The molecule has 2 fully saturated rings. The molecular formula is C17H20N4O3. The van der Waals surface area contributed by atoms with Gasteiger partial charge in [-0.2, -0.15) is 0 Å². The van der Waals surface area contributed by atoms with Gasteiger partial charge in [-0.1, -0.05) is 35.5 Å². The first-order chi connectivity index (χ1) is 11.7. The first kappa shape index (κ1) is 15.1. The van der Waals surface area contributed by atoms with Crippen molar-refractivity contribution in [2.45, 2.75) is 30.9 Å². The summed E-state index contributed by atoms with van der Waals surface area (Å²) >= 11 is 0. The fourth-order valence-corrected chi connectivity index (χ4v) is 3.57. The van der Waals surface area contributed by atoms with E-state index in [2.05, 4.69) is 15.8 Å². The number of piperidine rings is 1. The monoisotopic (exact) mass is 328 g/mol. The lowest BCUT2D eigenvalue weighted by molar-refractivity contribution is -0.133. The van der Waals surface area contributed by atoms with Crippen molar-refractivity contribution in [1.29, 1.82) is 0 Å². The zero-order valence-electron chi connectivity index (χ0n) is 13.3. The molecule has 7 nitrogen and oxygen atoms in total. The normalized spacial score (nSPS) is 25.6. The van der Waals surface area contributed by atoms with Crippen LogP contribution in [0, 0.1) is 0 Å². The lowest BCUT2D eigenvalue weighted by Gasteiger charge is -2.31. The number of nitrogens with one attached hydrogen (secondary N) is 2. The van der Waals surface area contributed by atoms with E-state index in [9.17, 15) is 9.59 Å². The van der Waals surface area contributed by atoms with E-state index in [0.717, 1.165) is 24.4 Å². The largest absolute Gasteiger partial charge is 0.390 e. The Morgan fingerprint density at radius 1 is 1.21 bits per heavy atom. The Morgan fingerprint density at radius 2 is 1.96 bits per heavy atom. The molecule has 7 heteroatoms. The number of carbonyl (C=O) groups excluding carboxylic acids is 2. The summed E-state index contributed by atoms with van der Waals surface area (Å²) < 4.78 is 0. The van der Waals surface area contributed by atoms with Gasteiger partial charge in [-0.05, 0) is 31.5 Å². The molecule has 0 aromatic heterocycles. The third-order valence-electron chi connectivity index (χ3n) is 4.93. The van der Waals surface area contributed by atoms with Crippen LogP contribution in [0.15, 0.2) is 35.5 Å². The molecule has 0 bridgehead atoms. The van der Waals surface area contributed by atoms with E-state index in [0.29, 0.717) is 19.3 Å². The molecule has 1 aromatic carbocycles. The van der Waals surface area contributed by atoms with Crippen molar-refractivity contribution < 1.29 is 14.4 Å². The quantitative estimate of drug-likeness (QED) is 0.806. The van der Waals surface area contributed by atoms with E-state index in [1.807, 2.05) is 30.3 Å². The summed E-state index contributed by atoms with van der Waals surface area (Å²) in [6, 6.07) is 9.47. The van der Waals surface area contributed by atoms with Crippen molar-refractivity contribution in [2.75, 3.05) is 19.6 Å². The Balaban J connectivity index is 1.42. The van der Waals surface area contributed by atoms with Gasteiger partial charge in [0.05, 0.1) is 12.3 Å². The number of nitrogens with zero attached hydrogens (tertiary/aromatic N) is 2. The van der Waals surface area contributed by atoms with Crippen LogP contribution >= 0.6 is 0 Å². The zero-order chi connectivity index (χ0) is 16.6. The van der Waals surface area contributed by atoms with E-state index >= 15 is 0 Å². The van der Waals surface area contributed by atoms with Gasteiger partial charge in [0.1, 0.15) is 5.54 Å². The summed E-state index contributed by atoms with van der Waals surface area (Å²) in [4.78, 5) is 31.8. The van der Waals surface area contributed by atoms with Crippen LogP contribution in [0.5, 0.6) is 0 Å². The Morgan fingerprint density at radius 3 is 2.71 bits per heavy atom. The van der Waals surface area contributed by atoms with Gasteiger partial charge in [-0.25, -0.2) is 4.79 Å². The second-order valence-electron chi connectivity index (χ2n) is 6.51. The Bertz CT molecular complexity index is 682. The fraction of sp³-hybridized carbons (Fsp3) is 0.471. The first-order valence-electron chi connectivity index (χ1n) is 8.31. The molecule has 3 aliphatic rings.